The summed E-state index contributed by atoms with van der Waals surface area (Å²) in [6.07, 6.45) is 2.74. The molecule has 0 bridgehead atoms. The molecule has 1 aliphatic heterocycles. The Balaban J connectivity index is 1.64. The summed E-state index contributed by atoms with van der Waals surface area (Å²) < 4.78 is 4.79. The lowest BCUT2D eigenvalue weighted by Gasteiger charge is -2.36. The molecule has 1 aliphatic rings. The molecule has 24 heavy (non-hydrogen) atoms. The van der Waals surface area contributed by atoms with E-state index in [0.717, 1.165) is 25.1 Å². The van der Waals surface area contributed by atoms with E-state index in [1.54, 1.807) is 6.20 Å². The molecule has 0 radical (unpaired) electrons. The number of ether oxygens (including phenoxy) is 1. The number of hydrogen-bond donors (Lipinski definition) is 1. The molecule has 0 aliphatic carbocycles. The number of methoxy groups -OCH3 is 1. The van der Waals surface area contributed by atoms with Gasteiger partial charge in [0.25, 0.3) is 0 Å². The van der Waals surface area contributed by atoms with Gasteiger partial charge < -0.3 is 9.64 Å². The molecule has 0 saturated heterocycles. The first-order valence-corrected chi connectivity index (χ1v) is 8.14. The van der Waals surface area contributed by atoms with E-state index < -0.39 is 0 Å². The highest BCUT2D eigenvalue weighted by atomic mass is 16.5. The fourth-order valence-corrected chi connectivity index (χ4v) is 3.35. The van der Waals surface area contributed by atoms with Crippen molar-refractivity contribution in [3.63, 3.8) is 0 Å². The quantitative estimate of drug-likeness (QED) is 0.846. The number of aromatic amines is 1. The summed E-state index contributed by atoms with van der Waals surface area (Å²) in [5.41, 5.74) is 4.16. The predicted octanol–water partition coefficient (Wildman–Crippen LogP) is 1.68. The lowest BCUT2D eigenvalue weighted by Crippen LogP contribution is -2.44. The zero-order chi connectivity index (χ0) is 17.1. The maximum atomic E-state index is 11.7. The molecule has 2 aromatic rings. The first-order valence-electron chi connectivity index (χ1n) is 8.14. The number of esters is 1. The van der Waals surface area contributed by atoms with Crippen LogP contribution in [0.4, 0.5) is 0 Å². The highest BCUT2D eigenvalue weighted by Crippen LogP contribution is 2.22. The van der Waals surface area contributed by atoms with Gasteiger partial charge in [0.2, 0.25) is 0 Å². The van der Waals surface area contributed by atoms with Crippen molar-refractivity contribution in [2.75, 3.05) is 27.7 Å². The number of aromatic nitrogens is 2. The van der Waals surface area contributed by atoms with Crippen LogP contribution in [-0.4, -0.2) is 59.8 Å². The van der Waals surface area contributed by atoms with Gasteiger partial charge in [-0.25, -0.2) is 4.79 Å². The van der Waals surface area contributed by atoms with E-state index in [0.29, 0.717) is 18.3 Å². The molecule has 1 N–H and O–H groups in total. The van der Waals surface area contributed by atoms with Gasteiger partial charge in [-0.2, -0.15) is 5.10 Å². The minimum Gasteiger partial charge on any atom is -0.464 e. The number of rotatable bonds is 5. The standard InChI is InChI=1S/C18H24N4O2/c1-21(10-15-9-19-20-17(15)18(23)24-3)12-16-8-13-6-4-5-7-14(13)11-22(16)2/h4-7,9,16H,8,10-12H2,1-3H3,(H,19,20)/t16-/m0/s1. The van der Waals surface area contributed by atoms with Gasteiger partial charge in [0, 0.05) is 31.2 Å². The van der Waals surface area contributed by atoms with Crippen molar-refractivity contribution in [2.24, 2.45) is 0 Å². The smallest absolute Gasteiger partial charge is 0.356 e. The third-order valence-electron chi connectivity index (χ3n) is 4.69. The van der Waals surface area contributed by atoms with Crippen LogP contribution in [0.25, 0.3) is 0 Å². The molecule has 1 atom stereocenters. The predicted molar refractivity (Wildman–Crippen MR) is 91.7 cm³/mol. The summed E-state index contributed by atoms with van der Waals surface area (Å²) >= 11 is 0. The third-order valence-corrected chi connectivity index (χ3v) is 4.69. The first-order chi connectivity index (χ1) is 11.6. The van der Waals surface area contributed by atoms with Crippen LogP contribution in [0.1, 0.15) is 27.2 Å². The summed E-state index contributed by atoms with van der Waals surface area (Å²) in [6, 6.07) is 9.10. The Morgan fingerprint density at radius 3 is 2.92 bits per heavy atom. The van der Waals surface area contributed by atoms with Crippen LogP contribution in [-0.2, 0) is 24.2 Å². The monoisotopic (exact) mass is 328 g/mol. The average molecular weight is 328 g/mol. The number of hydrogen-bond acceptors (Lipinski definition) is 5. The number of carbonyl (C=O) groups is 1. The molecule has 1 aromatic heterocycles. The summed E-state index contributed by atoms with van der Waals surface area (Å²) in [5.74, 6) is -0.375. The van der Waals surface area contributed by atoms with Gasteiger partial charge in [0.1, 0.15) is 5.69 Å². The second-order valence-corrected chi connectivity index (χ2v) is 6.50. The van der Waals surface area contributed by atoms with Gasteiger partial charge in [0.15, 0.2) is 0 Å². The minimum absolute atomic E-state index is 0.375. The van der Waals surface area contributed by atoms with E-state index in [2.05, 4.69) is 58.4 Å². The Hall–Kier alpha value is -2.18. The molecule has 0 saturated carbocycles. The molecule has 3 rings (SSSR count). The summed E-state index contributed by atoms with van der Waals surface area (Å²) in [7, 11) is 5.62. The van der Waals surface area contributed by atoms with Crippen LogP contribution in [0.2, 0.25) is 0 Å². The topological polar surface area (TPSA) is 61.5 Å². The van der Waals surface area contributed by atoms with E-state index in [9.17, 15) is 4.79 Å². The van der Waals surface area contributed by atoms with Crippen molar-refractivity contribution in [1.82, 2.24) is 20.0 Å². The maximum absolute atomic E-state index is 11.7. The fraction of sp³-hybridized carbons (Fsp3) is 0.444. The number of benzene rings is 1. The molecule has 6 nitrogen and oxygen atoms in total. The molecule has 2 heterocycles. The summed E-state index contributed by atoms with van der Waals surface area (Å²) in [4.78, 5) is 16.4. The van der Waals surface area contributed by atoms with Gasteiger partial charge in [-0.1, -0.05) is 24.3 Å². The molecule has 0 fully saturated rings. The average Bonchev–Trinajstić information content (AvgIpc) is 3.02. The van der Waals surface area contributed by atoms with Crippen molar-refractivity contribution in [3.8, 4) is 0 Å². The van der Waals surface area contributed by atoms with Crippen molar-refractivity contribution < 1.29 is 9.53 Å². The zero-order valence-corrected chi connectivity index (χ0v) is 14.5. The van der Waals surface area contributed by atoms with Crippen molar-refractivity contribution in [2.45, 2.75) is 25.6 Å². The SMILES string of the molecule is COC(=O)c1[nH]ncc1CN(C)C[C@@H]1Cc2ccccc2CN1C. The molecule has 6 heteroatoms. The van der Waals surface area contributed by atoms with Crippen LogP contribution < -0.4 is 0 Å². The summed E-state index contributed by atoms with van der Waals surface area (Å²) in [5, 5.41) is 6.70. The molecular weight excluding hydrogens is 304 g/mol. The van der Waals surface area contributed by atoms with Crippen LogP contribution in [0.3, 0.4) is 0 Å². The van der Waals surface area contributed by atoms with E-state index >= 15 is 0 Å². The second-order valence-electron chi connectivity index (χ2n) is 6.50. The van der Waals surface area contributed by atoms with Crippen molar-refractivity contribution in [3.05, 3.63) is 52.8 Å². The van der Waals surface area contributed by atoms with E-state index in [-0.39, 0.29) is 5.97 Å². The fourth-order valence-electron chi connectivity index (χ4n) is 3.35. The number of H-pyrrole nitrogens is 1. The normalized spacial score (nSPS) is 17.8. The van der Waals surface area contributed by atoms with Crippen molar-refractivity contribution >= 4 is 5.97 Å². The van der Waals surface area contributed by atoms with Crippen LogP contribution in [0, 0.1) is 0 Å². The third kappa shape index (κ3) is 3.49. The lowest BCUT2D eigenvalue weighted by atomic mass is 9.94. The van der Waals surface area contributed by atoms with Crippen LogP contribution >= 0.6 is 0 Å². The highest BCUT2D eigenvalue weighted by Gasteiger charge is 2.24. The van der Waals surface area contributed by atoms with Gasteiger partial charge in [-0.3, -0.25) is 10.00 Å². The lowest BCUT2D eigenvalue weighted by molar-refractivity contribution is 0.0591. The summed E-state index contributed by atoms with van der Waals surface area (Å²) in [6.45, 7) is 2.57. The Morgan fingerprint density at radius 1 is 1.42 bits per heavy atom. The minimum atomic E-state index is -0.375. The molecular formula is C18H24N4O2. The molecule has 0 unspecified atom stereocenters. The number of fused-ring (bicyclic) bond motifs is 1. The molecule has 0 spiro atoms. The largest absolute Gasteiger partial charge is 0.464 e. The van der Waals surface area contributed by atoms with Gasteiger partial charge in [-0.15, -0.1) is 0 Å². The number of nitrogens with one attached hydrogen (secondary N) is 1. The van der Waals surface area contributed by atoms with Gasteiger partial charge >= 0.3 is 5.97 Å². The Kier molecular flexibility index (Phi) is 4.97. The van der Waals surface area contributed by atoms with Crippen molar-refractivity contribution in [1.29, 1.82) is 0 Å². The van der Waals surface area contributed by atoms with Crippen LogP contribution in [0.5, 0.6) is 0 Å². The Morgan fingerprint density at radius 2 is 2.17 bits per heavy atom. The molecule has 0 amide bonds. The first kappa shape index (κ1) is 16.7. The Labute approximate surface area is 142 Å². The van der Waals surface area contributed by atoms with Crippen LogP contribution in [0.15, 0.2) is 30.5 Å². The van der Waals surface area contributed by atoms with Gasteiger partial charge in [0.05, 0.1) is 13.3 Å². The zero-order valence-electron chi connectivity index (χ0n) is 14.5. The maximum Gasteiger partial charge on any atom is 0.356 e. The van der Waals surface area contributed by atoms with Gasteiger partial charge in [-0.05, 0) is 31.6 Å². The second kappa shape index (κ2) is 7.15. The number of likely N-dealkylation sites (N-methyl/N-ethyl adjacent to an activating group) is 2. The number of nitrogens with zero attached hydrogens (tertiary/aromatic N) is 3. The molecule has 128 valence electrons. The molecule has 1 aromatic carbocycles. The number of carbonyl (C=O) groups excluding carboxylic acids is 1. The van der Waals surface area contributed by atoms with E-state index in [1.807, 2.05) is 0 Å². The van der Waals surface area contributed by atoms with E-state index in [1.165, 1.54) is 18.2 Å². The van der Waals surface area contributed by atoms with E-state index in [4.69, 9.17) is 4.74 Å². The highest BCUT2D eigenvalue weighted by molar-refractivity contribution is 5.88. The Bertz CT molecular complexity index is 713.